The highest BCUT2D eigenvalue weighted by molar-refractivity contribution is 8.14. The van der Waals surface area contributed by atoms with E-state index in [9.17, 15) is 18.0 Å². The van der Waals surface area contributed by atoms with Gasteiger partial charge in [0.25, 0.3) is 5.92 Å². The molecule has 0 saturated heterocycles. The summed E-state index contributed by atoms with van der Waals surface area (Å²) in [6.45, 7) is 1.40. The first-order chi connectivity index (χ1) is 8.97. The number of rotatable bonds is 7. The van der Waals surface area contributed by atoms with Gasteiger partial charge in [0.2, 0.25) is 5.12 Å². The number of hydrogen-bond donors (Lipinski definition) is 0. The SMILES string of the molecule is CCC(F)C(F)(F)CCCSC(=O)c1ccccc1. The van der Waals surface area contributed by atoms with E-state index >= 15 is 0 Å². The molecule has 0 radical (unpaired) electrons. The van der Waals surface area contributed by atoms with Crippen molar-refractivity contribution in [2.24, 2.45) is 0 Å². The molecule has 1 nitrogen and oxygen atoms in total. The third kappa shape index (κ3) is 5.27. The second kappa shape index (κ2) is 7.58. The molecule has 0 aliphatic rings. The molecule has 0 fully saturated rings. The van der Waals surface area contributed by atoms with Crippen molar-refractivity contribution in [3.05, 3.63) is 35.9 Å². The quantitative estimate of drug-likeness (QED) is 0.676. The van der Waals surface area contributed by atoms with Gasteiger partial charge in [0.15, 0.2) is 6.17 Å². The van der Waals surface area contributed by atoms with E-state index in [2.05, 4.69) is 0 Å². The monoisotopic (exact) mass is 290 g/mol. The normalized spacial score (nSPS) is 13.3. The smallest absolute Gasteiger partial charge is 0.278 e. The van der Waals surface area contributed by atoms with Crippen molar-refractivity contribution in [2.75, 3.05) is 5.75 Å². The van der Waals surface area contributed by atoms with E-state index in [1.807, 2.05) is 0 Å². The molecule has 19 heavy (non-hydrogen) atoms. The van der Waals surface area contributed by atoms with Crippen LogP contribution in [0.2, 0.25) is 0 Å². The van der Waals surface area contributed by atoms with Gasteiger partial charge in [0, 0.05) is 17.7 Å². The fraction of sp³-hybridized carbons (Fsp3) is 0.500. The van der Waals surface area contributed by atoms with Crippen molar-refractivity contribution in [1.29, 1.82) is 0 Å². The van der Waals surface area contributed by atoms with Crippen molar-refractivity contribution >= 4 is 16.9 Å². The van der Waals surface area contributed by atoms with Crippen molar-refractivity contribution in [2.45, 2.75) is 38.3 Å². The second-order valence-electron chi connectivity index (χ2n) is 4.24. The van der Waals surface area contributed by atoms with Crippen molar-refractivity contribution in [3.8, 4) is 0 Å². The Balaban J connectivity index is 2.30. The summed E-state index contributed by atoms with van der Waals surface area (Å²) in [5, 5.41) is -0.142. The highest BCUT2D eigenvalue weighted by Crippen LogP contribution is 2.29. The number of thioether (sulfide) groups is 1. The molecule has 1 aromatic carbocycles. The van der Waals surface area contributed by atoms with Gasteiger partial charge < -0.3 is 0 Å². The Morgan fingerprint density at radius 3 is 2.53 bits per heavy atom. The molecule has 0 amide bonds. The highest BCUT2D eigenvalue weighted by atomic mass is 32.2. The molecule has 5 heteroatoms. The predicted octanol–water partition coefficient (Wildman–Crippen LogP) is 4.72. The summed E-state index contributed by atoms with van der Waals surface area (Å²) >= 11 is 0.995. The second-order valence-corrected chi connectivity index (χ2v) is 5.31. The molecule has 1 unspecified atom stereocenters. The Hall–Kier alpha value is -0.970. The Labute approximate surface area is 115 Å². The molecular weight excluding hydrogens is 273 g/mol. The lowest BCUT2D eigenvalue weighted by atomic mass is 10.1. The summed E-state index contributed by atoms with van der Waals surface area (Å²) in [5.41, 5.74) is 0.552. The van der Waals surface area contributed by atoms with Crippen LogP contribution in [0.4, 0.5) is 13.2 Å². The molecule has 1 aromatic rings. The summed E-state index contributed by atoms with van der Waals surface area (Å²) in [6, 6.07) is 8.65. The molecule has 106 valence electrons. The maximum atomic E-state index is 13.2. The lowest BCUT2D eigenvalue weighted by molar-refractivity contribution is -0.0794. The van der Waals surface area contributed by atoms with Crippen LogP contribution in [-0.2, 0) is 0 Å². The van der Waals surface area contributed by atoms with Crippen molar-refractivity contribution in [1.82, 2.24) is 0 Å². The molecule has 0 aromatic heterocycles. The van der Waals surface area contributed by atoms with Crippen LogP contribution in [0, 0.1) is 0 Å². The summed E-state index contributed by atoms with van der Waals surface area (Å²) in [7, 11) is 0. The standard InChI is InChI=1S/C14H17F3OS/c1-2-12(15)14(16,17)9-6-10-19-13(18)11-7-4-3-5-8-11/h3-5,7-8,12H,2,6,9-10H2,1H3. The number of carbonyl (C=O) groups excluding carboxylic acids is 1. The Kier molecular flexibility index (Phi) is 6.42. The zero-order valence-electron chi connectivity index (χ0n) is 10.7. The molecule has 0 saturated carbocycles. The first kappa shape index (κ1) is 16.1. The molecule has 1 atom stereocenters. The molecule has 0 N–H and O–H groups in total. The fourth-order valence-electron chi connectivity index (χ4n) is 1.59. The van der Waals surface area contributed by atoms with Gasteiger partial charge in [-0.2, -0.15) is 0 Å². The lowest BCUT2D eigenvalue weighted by Gasteiger charge is -2.19. The Morgan fingerprint density at radius 2 is 1.95 bits per heavy atom. The van der Waals surface area contributed by atoms with E-state index < -0.39 is 18.5 Å². The van der Waals surface area contributed by atoms with Crippen LogP contribution in [0.1, 0.15) is 36.5 Å². The number of carbonyl (C=O) groups is 1. The number of halogens is 3. The molecular formula is C14H17F3OS. The van der Waals surface area contributed by atoms with Gasteiger partial charge in [-0.3, -0.25) is 4.79 Å². The largest absolute Gasteiger partial charge is 0.282 e. The lowest BCUT2D eigenvalue weighted by Crippen LogP contribution is -2.29. The molecule has 0 aliphatic carbocycles. The van der Waals surface area contributed by atoms with Gasteiger partial charge in [0.1, 0.15) is 0 Å². The molecule has 1 rings (SSSR count). The van der Waals surface area contributed by atoms with Crippen LogP contribution in [0.25, 0.3) is 0 Å². The number of benzene rings is 1. The predicted molar refractivity (Wildman–Crippen MR) is 72.6 cm³/mol. The van der Waals surface area contributed by atoms with Gasteiger partial charge in [-0.25, -0.2) is 13.2 Å². The van der Waals surface area contributed by atoms with Gasteiger partial charge >= 0.3 is 0 Å². The minimum atomic E-state index is -3.29. The molecule has 0 bridgehead atoms. The minimum Gasteiger partial charge on any atom is -0.282 e. The van der Waals surface area contributed by atoms with E-state index in [0.29, 0.717) is 5.56 Å². The summed E-state index contributed by atoms with van der Waals surface area (Å²) in [4.78, 5) is 11.7. The first-order valence-electron chi connectivity index (χ1n) is 6.21. The Bertz CT molecular complexity index is 395. The van der Waals surface area contributed by atoms with Gasteiger partial charge in [-0.15, -0.1) is 0 Å². The molecule has 0 heterocycles. The number of alkyl halides is 3. The highest BCUT2D eigenvalue weighted by Gasteiger charge is 2.37. The van der Waals surface area contributed by atoms with Gasteiger partial charge in [-0.05, 0) is 12.8 Å². The summed E-state index contributed by atoms with van der Waals surface area (Å²) < 4.78 is 39.3. The van der Waals surface area contributed by atoms with Gasteiger partial charge in [0.05, 0.1) is 0 Å². The van der Waals surface area contributed by atoms with E-state index in [1.165, 1.54) is 6.92 Å². The van der Waals surface area contributed by atoms with Crippen LogP contribution in [0.3, 0.4) is 0 Å². The third-order valence-electron chi connectivity index (χ3n) is 2.71. The van der Waals surface area contributed by atoms with Crippen LogP contribution < -0.4 is 0 Å². The number of hydrogen-bond acceptors (Lipinski definition) is 2. The summed E-state index contributed by atoms with van der Waals surface area (Å²) in [5.74, 6) is -3.01. The van der Waals surface area contributed by atoms with Crippen molar-refractivity contribution < 1.29 is 18.0 Å². The first-order valence-corrected chi connectivity index (χ1v) is 7.20. The van der Waals surface area contributed by atoms with E-state index in [4.69, 9.17) is 0 Å². The minimum absolute atomic E-state index is 0.122. The van der Waals surface area contributed by atoms with Crippen LogP contribution in [-0.4, -0.2) is 23.0 Å². The Morgan fingerprint density at radius 1 is 1.32 bits per heavy atom. The van der Waals surface area contributed by atoms with E-state index in [0.717, 1.165) is 11.8 Å². The zero-order chi connectivity index (χ0) is 14.3. The fourth-order valence-corrected chi connectivity index (χ4v) is 2.36. The van der Waals surface area contributed by atoms with Gasteiger partial charge in [-0.1, -0.05) is 49.0 Å². The third-order valence-corrected chi connectivity index (χ3v) is 3.70. The topological polar surface area (TPSA) is 17.1 Å². The van der Waals surface area contributed by atoms with Crippen LogP contribution in [0.5, 0.6) is 0 Å². The average Bonchev–Trinajstić information content (AvgIpc) is 2.43. The molecule has 0 aliphatic heterocycles. The molecule has 0 spiro atoms. The maximum absolute atomic E-state index is 13.2. The van der Waals surface area contributed by atoms with Crippen molar-refractivity contribution in [3.63, 3.8) is 0 Å². The zero-order valence-corrected chi connectivity index (χ0v) is 11.6. The van der Waals surface area contributed by atoms with E-state index in [-0.39, 0.29) is 23.7 Å². The average molecular weight is 290 g/mol. The van der Waals surface area contributed by atoms with E-state index in [1.54, 1.807) is 30.3 Å². The maximum Gasteiger partial charge on any atom is 0.278 e. The van der Waals surface area contributed by atoms with Crippen LogP contribution >= 0.6 is 11.8 Å². The summed E-state index contributed by atoms with van der Waals surface area (Å²) in [6.07, 6.45) is -2.68. The van der Waals surface area contributed by atoms with Crippen LogP contribution in [0.15, 0.2) is 30.3 Å².